The Morgan fingerprint density at radius 1 is 0.960 bits per heavy atom. The summed E-state index contributed by atoms with van der Waals surface area (Å²) in [5, 5.41) is 8.66. The number of carbonyl (C=O) groups is 2. The number of piperidine rings is 1. The van der Waals surface area contributed by atoms with Crippen LogP contribution >= 0.6 is 0 Å². The van der Waals surface area contributed by atoms with Gasteiger partial charge in [-0.25, -0.2) is 4.39 Å². The zero-order valence-electron chi connectivity index (χ0n) is 28.3. The molecule has 0 bridgehead atoms. The van der Waals surface area contributed by atoms with Crippen LogP contribution in [0.15, 0.2) is 60.9 Å². The molecule has 3 unspecified atom stereocenters. The van der Waals surface area contributed by atoms with Crippen molar-refractivity contribution >= 4 is 11.8 Å². The molecule has 0 aliphatic carbocycles. The SMILES string of the molecule is CC.CCCC1C(C(=O)N2CCC(c3c(F)cccc3OC)C2)CCCN1C(=O)c1cnccc1C(F)(F)F.Oc1ccc(C(F)(F)F)cc1. The number of pyridine rings is 1. The smallest absolute Gasteiger partial charge is 0.417 e. The first-order chi connectivity index (χ1) is 23.7. The normalized spacial score (nSPS) is 19.1. The first kappa shape index (κ1) is 40.1. The van der Waals surface area contributed by atoms with E-state index in [1.54, 1.807) is 17.0 Å². The molecule has 7 nitrogen and oxygen atoms in total. The molecule has 2 aliphatic heterocycles. The number of halogens is 7. The Morgan fingerprint density at radius 2 is 1.64 bits per heavy atom. The standard InChI is InChI=1S/C27H31F4N3O3.C7H5F3O.C2H6/c1-3-6-22-18(7-5-13-34(22)26(36)19-15-32-12-10-20(19)27(29,30)31)25(35)33-14-11-17(16-33)24-21(28)8-4-9-23(24)37-2;8-7(9,10)5-1-3-6(11)4-2-5;1-2/h4,8-10,12,15,17-18,22H,3,5-7,11,13-14,16H2,1-2H3;1-4,11H;1-2H3. The van der Waals surface area contributed by atoms with Gasteiger partial charge >= 0.3 is 12.4 Å². The van der Waals surface area contributed by atoms with E-state index in [1.165, 1.54) is 18.1 Å². The van der Waals surface area contributed by atoms with Crippen LogP contribution in [0, 0.1) is 11.7 Å². The number of rotatable bonds is 6. The summed E-state index contributed by atoms with van der Waals surface area (Å²) in [6.45, 7) is 6.94. The van der Waals surface area contributed by atoms with Crippen LogP contribution in [0.25, 0.3) is 0 Å². The lowest BCUT2D eigenvalue weighted by Crippen LogP contribution is -2.53. The largest absolute Gasteiger partial charge is 0.508 e. The number of phenolic OH excluding ortho intramolecular Hbond substituents is 1. The van der Waals surface area contributed by atoms with Crippen molar-refractivity contribution in [3.05, 3.63) is 89.0 Å². The highest BCUT2D eigenvalue weighted by atomic mass is 19.4. The van der Waals surface area contributed by atoms with Gasteiger partial charge in [0.05, 0.1) is 29.7 Å². The number of methoxy groups -OCH3 is 1. The van der Waals surface area contributed by atoms with Crippen molar-refractivity contribution in [1.29, 1.82) is 0 Å². The van der Waals surface area contributed by atoms with Gasteiger partial charge in [-0.3, -0.25) is 14.6 Å². The van der Waals surface area contributed by atoms with Crippen molar-refractivity contribution in [2.45, 2.75) is 77.2 Å². The van der Waals surface area contributed by atoms with E-state index in [1.807, 2.05) is 20.8 Å². The van der Waals surface area contributed by atoms with Gasteiger partial charge in [0.2, 0.25) is 5.91 Å². The third-order valence-corrected chi connectivity index (χ3v) is 8.63. The van der Waals surface area contributed by atoms with Crippen LogP contribution in [-0.2, 0) is 17.1 Å². The molecule has 0 saturated carbocycles. The molecule has 274 valence electrons. The molecule has 3 atom stereocenters. The molecule has 3 aromatic rings. The summed E-state index contributed by atoms with van der Waals surface area (Å²) < 4.78 is 96.3. The van der Waals surface area contributed by atoms with Gasteiger partial charge in [-0.1, -0.05) is 33.3 Å². The van der Waals surface area contributed by atoms with Crippen LogP contribution in [0.2, 0.25) is 0 Å². The Morgan fingerprint density at radius 3 is 2.24 bits per heavy atom. The third kappa shape index (κ3) is 9.66. The Labute approximate surface area is 287 Å². The molecule has 2 aliphatic rings. The zero-order chi connectivity index (χ0) is 37.2. The molecular formula is C36H42F7N3O4. The summed E-state index contributed by atoms with van der Waals surface area (Å²) >= 11 is 0. The first-order valence-electron chi connectivity index (χ1n) is 16.5. The summed E-state index contributed by atoms with van der Waals surface area (Å²) in [6, 6.07) is 8.58. The minimum absolute atomic E-state index is 0.143. The molecule has 2 saturated heterocycles. The fourth-order valence-electron chi connectivity index (χ4n) is 6.39. The van der Waals surface area contributed by atoms with Crippen molar-refractivity contribution in [2.24, 2.45) is 5.92 Å². The number of alkyl halides is 6. The minimum atomic E-state index is -4.70. The van der Waals surface area contributed by atoms with Gasteiger partial charge in [0.1, 0.15) is 17.3 Å². The molecule has 0 spiro atoms. The maximum absolute atomic E-state index is 14.6. The fourth-order valence-corrected chi connectivity index (χ4v) is 6.39. The number of aromatic hydroxyl groups is 1. The van der Waals surface area contributed by atoms with Crippen molar-refractivity contribution in [3.8, 4) is 11.5 Å². The Balaban J connectivity index is 0.000000439. The van der Waals surface area contributed by atoms with Gasteiger partial charge in [-0.05, 0) is 68.1 Å². The second-order valence-corrected chi connectivity index (χ2v) is 11.7. The van der Waals surface area contributed by atoms with Gasteiger partial charge in [0, 0.05) is 49.6 Å². The van der Waals surface area contributed by atoms with Gasteiger partial charge < -0.3 is 19.6 Å². The fraction of sp³-hybridized carbons (Fsp3) is 0.472. The maximum Gasteiger partial charge on any atom is 0.417 e. The lowest BCUT2D eigenvalue weighted by molar-refractivity contribution is -0.139. The highest BCUT2D eigenvalue weighted by molar-refractivity contribution is 5.96. The second-order valence-electron chi connectivity index (χ2n) is 11.7. The van der Waals surface area contributed by atoms with Crippen molar-refractivity contribution < 1.29 is 50.2 Å². The number of nitrogens with zero attached hydrogens (tertiary/aromatic N) is 3. The van der Waals surface area contributed by atoms with Crippen LogP contribution in [0.4, 0.5) is 30.7 Å². The van der Waals surface area contributed by atoms with Crippen LogP contribution in [0.1, 0.15) is 85.8 Å². The van der Waals surface area contributed by atoms with Crippen LogP contribution in [0.5, 0.6) is 11.5 Å². The zero-order valence-corrected chi connectivity index (χ0v) is 28.3. The van der Waals surface area contributed by atoms with Crippen molar-refractivity contribution in [2.75, 3.05) is 26.7 Å². The number of amides is 2. The van der Waals surface area contributed by atoms with E-state index in [4.69, 9.17) is 9.84 Å². The van der Waals surface area contributed by atoms with E-state index in [9.17, 15) is 40.3 Å². The lowest BCUT2D eigenvalue weighted by atomic mass is 9.84. The second kappa shape index (κ2) is 17.5. The average molecular weight is 714 g/mol. The molecule has 2 amide bonds. The summed E-state index contributed by atoms with van der Waals surface area (Å²) in [7, 11) is 1.48. The third-order valence-electron chi connectivity index (χ3n) is 8.63. The number of ether oxygens (including phenoxy) is 1. The number of phenols is 1. The van der Waals surface area contributed by atoms with Crippen LogP contribution in [-0.4, -0.2) is 64.5 Å². The van der Waals surface area contributed by atoms with E-state index in [0.717, 1.165) is 42.7 Å². The predicted octanol–water partition coefficient (Wildman–Crippen LogP) is 8.72. The molecule has 14 heteroatoms. The lowest BCUT2D eigenvalue weighted by Gasteiger charge is -2.42. The van der Waals surface area contributed by atoms with Gasteiger partial charge in [0.15, 0.2) is 0 Å². The van der Waals surface area contributed by atoms with E-state index >= 15 is 0 Å². The topological polar surface area (TPSA) is 83.0 Å². The monoisotopic (exact) mass is 713 g/mol. The number of aromatic nitrogens is 1. The number of likely N-dealkylation sites (tertiary alicyclic amines) is 2. The number of hydrogen-bond donors (Lipinski definition) is 1. The summed E-state index contributed by atoms with van der Waals surface area (Å²) in [5.41, 5.74) is -1.84. The number of hydrogen-bond acceptors (Lipinski definition) is 5. The molecule has 2 fully saturated rings. The maximum atomic E-state index is 14.6. The van der Waals surface area contributed by atoms with Crippen LogP contribution < -0.4 is 4.74 Å². The van der Waals surface area contributed by atoms with Gasteiger partial charge in [0.25, 0.3) is 5.91 Å². The van der Waals surface area contributed by atoms with E-state index in [-0.39, 0.29) is 29.9 Å². The number of carbonyl (C=O) groups excluding carboxylic acids is 2. The Kier molecular flexibility index (Phi) is 14.0. The Bertz CT molecular complexity index is 1560. The Hall–Kier alpha value is -4.36. The van der Waals surface area contributed by atoms with E-state index < -0.39 is 46.9 Å². The quantitative estimate of drug-likeness (QED) is 0.259. The molecular weight excluding hydrogens is 671 g/mol. The minimum Gasteiger partial charge on any atom is -0.508 e. The van der Waals surface area contributed by atoms with E-state index in [2.05, 4.69) is 4.98 Å². The van der Waals surface area contributed by atoms with Crippen molar-refractivity contribution in [1.82, 2.24) is 14.8 Å². The van der Waals surface area contributed by atoms with E-state index in [0.29, 0.717) is 56.5 Å². The van der Waals surface area contributed by atoms with Gasteiger partial charge in [-0.15, -0.1) is 0 Å². The summed E-state index contributed by atoms with van der Waals surface area (Å²) in [6.07, 6.45) is -4.30. The summed E-state index contributed by atoms with van der Waals surface area (Å²) in [5.74, 6) is -1.77. The molecule has 0 radical (unpaired) electrons. The van der Waals surface area contributed by atoms with Gasteiger partial charge in [-0.2, -0.15) is 26.3 Å². The highest BCUT2D eigenvalue weighted by Gasteiger charge is 2.44. The molecule has 3 heterocycles. The molecule has 1 N–H and O–H groups in total. The molecule has 2 aromatic carbocycles. The molecule has 5 rings (SSSR count). The molecule has 1 aromatic heterocycles. The van der Waals surface area contributed by atoms with Crippen LogP contribution in [0.3, 0.4) is 0 Å². The first-order valence-corrected chi connectivity index (χ1v) is 16.5. The van der Waals surface area contributed by atoms with Crippen molar-refractivity contribution in [3.63, 3.8) is 0 Å². The predicted molar refractivity (Wildman–Crippen MR) is 173 cm³/mol. The highest BCUT2D eigenvalue weighted by Crippen LogP contribution is 2.39. The summed E-state index contributed by atoms with van der Waals surface area (Å²) in [4.78, 5) is 34.0. The number of benzene rings is 2. The average Bonchev–Trinajstić information content (AvgIpc) is 3.58. The molecule has 50 heavy (non-hydrogen) atoms.